The van der Waals surface area contributed by atoms with Gasteiger partial charge in [0.15, 0.2) is 0 Å². The Morgan fingerprint density at radius 3 is 0.647 bits per heavy atom. The van der Waals surface area contributed by atoms with E-state index in [9.17, 15) is 0 Å². The molecule has 0 bridgehead atoms. The van der Waals surface area contributed by atoms with Crippen molar-refractivity contribution in [2.45, 2.75) is 0 Å². The van der Waals surface area contributed by atoms with Crippen LogP contribution in [0.15, 0.2) is 91.0 Å². The van der Waals surface area contributed by atoms with Crippen LogP contribution in [-0.2, 0) is 34.7 Å². The Morgan fingerprint density at radius 2 is 0.588 bits per heavy atom. The molecule has 0 saturated heterocycles. The standard InChI is InChI=1S/3C5H5.2Cr/c3*1-2-4-5-3-1;;/h3*1-5H;;/q3*-1;;+2. The van der Waals surface area contributed by atoms with E-state index in [0.717, 1.165) is 0 Å². The molecule has 2 heteroatoms. The molecule has 0 spiro atoms. The van der Waals surface area contributed by atoms with Gasteiger partial charge in [-0.15, -0.1) is 0 Å². The van der Waals surface area contributed by atoms with Crippen LogP contribution >= 0.6 is 0 Å². The molecule has 3 rings (SSSR count). The maximum atomic E-state index is 2.00. The average Bonchev–Trinajstić information content (AvgIpc) is 3.09. The molecule has 3 aromatic rings. The first-order valence-electron chi connectivity index (χ1n) is 5.00. The summed E-state index contributed by atoms with van der Waals surface area (Å²) in [5.74, 6) is 0. The molecule has 0 heterocycles. The summed E-state index contributed by atoms with van der Waals surface area (Å²) in [6.07, 6.45) is 0. The van der Waals surface area contributed by atoms with E-state index < -0.39 is 0 Å². The summed E-state index contributed by atoms with van der Waals surface area (Å²) < 4.78 is 0. The zero-order chi connectivity index (χ0) is 10.6. The second-order valence-corrected chi connectivity index (χ2v) is 2.89. The van der Waals surface area contributed by atoms with Crippen LogP contribution in [-0.4, -0.2) is 0 Å². The van der Waals surface area contributed by atoms with Gasteiger partial charge in [-0.25, -0.2) is 36.4 Å². The third-order valence-corrected chi connectivity index (χ3v) is 1.67. The molecule has 0 N–H and O–H groups in total. The van der Waals surface area contributed by atoms with Gasteiger partial charge in [-0.3, -0.25) is 0 Å². The van der Waals surface area contributed by atoms with Gasteiger partial charge in [-0.2, -0.15) is 54.6 Å². The van der Waals surface area contributed by atoms with Gasteiger partial charge in [-0.05, 0) is 0 Å². The fourth-order valence-electron chi connectivity index (χ4n) is 0.962. The molecule has 0 aromatic heterocycles. The second kappa shape index (κ2) is 15.1. The predicted molar refractivity (Wildman–Crippen MR) is 66.1 cm³/mol. The molecule has 0 amide bonds. The fourth-order valence-corrected chi connectivity index (χ4v) is 0.962. The summed E-state index contributed by atoms with van der Waals surface area (Å²) in [7, 11) is 0. The predicted octanol–water partition coefficient (Wildman–Crippen LogP) is 4.21. The quantitative estimate of drug-likeness (QED) is 0.545. The van der Waals surface area contributed by atoms with Crippen molar-refractivity contribution in [2.24, 2.45) is 0 Å². The molecule has 0 radical (unpaired) electrons. The van der Waals surface area contributed by atoms with Gasteiger partial charge in [-0.1, -0.05) is 0 Å². The third kappa shape index (κ3) is 13.0. The third-order valence-electron chi connectivity index (χ3n) is 1.67. The van der Waals surface area contributed by atoms with E-state index in [4.69, 9.17) is 0 Å². The largest absolute Gasteiger partial charge is 2.00 e. The second-order valence-electron chi connectivity index (χ2n) is 2.89. The van der Waals surface area contributed by atoms with Crippen LogP contribution < -0.4 is 0 Å². The van der Waals surface area contributed by atoms with E-state index in [1.807, 2.05) is 91.0 Å². The minimum atomic E-state index is 0. The normalized spacial score (nSPS) is 7.06. The molecule has 0 unspecified atom stereocenters. The number of rotatable bonds is 0. The van der Waals surface area contributed by atoms with Crippen molar-refractivity contribution in [1.29, 1.82) is 0 Å². The molecule has 0 aliphatic carbocycles. The van der Waals surface area contributed by atoms with Gasteiger partial charge >= 0.3 is 17.4 Å². The van der Waals surface area contributed by atoms with Crippen LogP contribution in [0.5, 0.6) is 0 Å². The average molecular weight is 299 g/mol. The molecule has 3 aromatic carbocycles. The summed E-state index contributed by atoms with van der Waals surface area (Å²) in [5.41, 5.74) is 0. The van der Waals surface area contributed by atoms with Crippen molar-refractivity contribution in [2.75, 3.05) is 0 Å². The Balaban J connectivity index is 0. The molecule has 88 valence electrons. The monoisotopic (exact) mass is 299 g/mol. The molecular formula is C15H15Cr2-. The molecule has 0 atom stereocenters. The number of hydrogen-bond acceptors (Lipinski definition) is 0. The van der Waals surface area contributed by atoms with Gasteiger partial charge in [0.25, 0.3) is 0 Å². The van der Waals surface area contributed by atoms with Crippen LogP contribution in [0.25, 0.3) is 0 Å². The maximum Gasteiger partial charge on any atom is 2.00 e. The minimum Gasteiger partial charge on any atom is -0.214 e. The van der Waals surface area contributed by atoms with Gasteiger partial charge in [0.2, 0.25) is 0 Å². The topological polar surface area (TPSA) is 0 Å². The molecular weight excluding hydrogens is 284 g/mol. The Hall–Kier alpha value is -0.885. The first-order valence-corrected chi connectivity index (χ1v) is 5.00. The molecule has 0 aliphatic heterocycles. The SMILES string of the molecule is [Cr+2].[Cr].c1cc[cH-]c1.c1cc[cH-]c1.c1cc[cH-]c1. The molecule has 17 heavy (non-hydrogen) atoms. The van der Waals surface area contributed by atoms with Crippen molar-refractivity contribution in [3.63, 3.8) is 0 Å². The summed E-state index contributed by atoms with van der Waals surface area (Å²) >= 11 is 0. The Morgan fingerprint density at radius 1 is 0.412 bits per heavy atom. The number of hydrogen-bond donors (Lipinski definition) is 0. The van der Waals surface area contributed by atoms with Crippen molar-refractivity contribution in [3.8, 4) is 0 Å². The van der Waals surface area contributed by atoms with Crippen LogP contribution in [0.3, 0.4) is 0 Å². The zero-order valence-corrected chi connectivity index (χ0v) is 12.0. The van der Waals surface area contributed by atoms with E-state index >= 15 is 0 Å². The summed E-state index contributed by atoms with van der Waals surface area (Å²) in [5, 5.41) is 0. The first kappa shape index (κ1) is 18.5. The van der Waals surface area contributed by atoms with Crippen LogP contribution in [0.2, 0.25) is 0 Å². The summed E-state index contributed by atoms with van der Waals surface area (Å²) in [6.45, 7) is 0. The molecule has 0 saturated carbocycles. The van der Waals surface area contributed by atoms with Gasteiger partial charge in [0.1, 0.15) is 0 Å². The van der Waals surface area contributed by atoms with Crippen molar-refractivity contribution < 1.29 is 34.7 Å². The maximum absolute atomic E-state index is 2.00. The van der Waals surface area contributed by atoms with Crippen LogP contribution in [0.1, 0.15) is 0 Å². The van der Waals surface area contributed by atoms with E-state index in [2.05, 4.69) is 0 Å². The van der Waals surface area contributed by atoms with Crippen molar-refractivity contribution >= 4 is 0 Å². The molecule has 0 aliphatic rings. The Bertz CT molecular complexity index is 241. The Kier molecular flexibility index (Phi) is 16.4. The summed E-state index contributed by atoms with van der Waals surface area (Å²) in [6, 6.07) is 30.0. The molecule has 0 nitrogen and oxygen atoms in total. The van der Waals surface area contributed by atoms with E-state index in [-0.39, 0.29) is 34.7 Å². The smallest absolute Gasteiger partial charge is 0.214 e. The minimum absolute atomic E-state index is 0. The van der Waals surface area contributed by atoms with Crippen molar-refractivity contribution in [1.82, 2.24) is 0 Å². The van der Waals surface area contributed by atoms with Gasteiger partial charge in [0.05, 0.1) is 0 Å². The first-order chi connectivity index (χ1) is 7.50. The molecule has 0 fully saturated rings. The van der Waals surface area contributed by atoms with E-state index in [1.165, 1.54) is 0 Å². The fraction of sp³-hybridized carbons (Fsp3) is 0. The van der Waals surface area contributed by atoms with Gasteiger partial charge in [0, 0.05) is 17.4 Å². The van der Waals surface area contributed by atoms with E-state index in [1.54, 1.807) is 0 Å². The van der Waals surface area contributed by atoms with Crippen LogP contribution in [0.4, 0.5) is 0 Å². The zero-order valence-electron chi connectivity index (χ0n) is 9.48. The van der Waals surface area contributed by atoms with Gasteiger partial charge < -0.3 is 0 Å². The van der Waals surface area contributed by atoms with Crippen LogP contribution in [0, 0.1) is 0 Å². The summed E-state index contributed by atoms with van der Waals surface area (Å²) in [4.78, 5) is 0. The van der Waals surface area contributed by atoms with Crippen molar-refractivity contribution in [3.05, 3.63) is 91.0 Å². The Labute approximate surface area is 125 Å². The van der Waals surface area contributed by atoms with E-state index in [0.29, 0.717) is 0 Å².